The third kappa shape index (κ3) is 2.02. The van der Waals surface area contributed by atoms with Crippen molar-refractivity contribution in [2.24, 2.45) is 39.6 Å². The van der Waals surface area contributed by atoms with Gasteiger partial charge in [0, 0.05) is 6.54 Å². The summed E-state index contributed by atoms with van der Waals surface area (Å²) in [6, 6.07) is 0. The largest absolute Gasteiger partial charge is 0.370 e. The second-order valence-corrected chi connectivity index (χ2v) is 6.16. The van der Waals surface area contributed by atoms with Crippen molar-refractivity contribution in [3.63, 3.8) is 0 Å². The van der Waals surface area contributed by atoms with E-state index in [1.165, 1.54) is 38.5 Å². The zero-order valence-electron chi connectivity index (χ0n) is 9.69. The smallest absolute Gasteiger partial charge is 0.185 e. The van der Waals surface area contributed by atoms with Crippen LogP contribution in [0.25, 0.3) is 0 Å². The number of halogens is 1. The number of hydrogen-bond acceptors (Lipinski definition) is 1. The molecule has 92 valence electrons. The molecule has 4 aliphatic rings. The average molecular weight is 244 g/mol. The summed E-state index contributed by atoms with van der Waals surface area (Å²) in [5, 5.41) is 0. The lowest BCUT2D eigenvalue weighted by Gasteiger charge is -2.56. The predicted molar refractivity (Wildman–Crippen MR) is 68.5 cm³/mol. The fourth-order valence-electron chi connectivity index (χ4n) is 4.74. The molecule has 0 spiro atoms. The van der Waals surface area contributed by atoms with E-state index < -0.39 is 0 Å². The molecule has 4 rings (SSSR count). The van der Waals surface area contributed by atoms with E-state index in [1.807, 2.05) is 0 Å². The molecule has 16 heavy (non-hydrogen) atoms. The molecule has 0 aliphatic heterocycles. The summed E-state index contributed by atoms with van der Waals surface area (Å²) in [5.74, 6) is 3.24. The molecular formula is C12H22ClN3. The first-order chi connectivity index (χ1) is 7.15. The number of hydrogen-bond donors (Lipinski definition) is 2. The monoisotopic (exact) mass is 243 g/mol. The predicted octanol–water partition coefficient (Wildman–Crippen LogP) is 1.90. The quantitative estimate of drug-likeness (QED) is 0.575. The number of guanidine groups is 1. The maximum absolute atomic E-state index is 5.45. The summed E-state index contributed by atoms with van der Waals surface area (Å²) < 4.78 is 0. The molecule has 0 amide bonds. The fraction of sp³-hybridized carbons (Fsp3) is 0.917. The van der Waals surface area contributed by atoms with Crippen LogP contribution in [0.5, 0.6) is 0 Å². The highest BCUT2D eigenvalue weighted by atomic mass is 35.5. The van der Waals surface area contributed by atoms with Crippen LogP contribution in [0.4, 0.5) is 0 Å². The van der Waals surface area contributed by atoms with Crippen molar-refractivity contribution in [1.29, 1.82) is 0 Å². The lowest BCUT2D eigenvalue weighted by Crippen LogP contribution is -2.47. The third-order valence-electron chi connectivity index (χ3n) is 4.76. The second kappa shape index (κ2) is 4.10. The second-order valence-electron chi connectivity index (χ2n) is 6.16. The van der Waals surface area contributed by atoms with Gasteiger partial charge >= 0.3 is 0 Å². The van der Waals surface area contributed by atoms with Gasteiger partial charge in [0.2, 0.25) is 0 Å². The van der Waals surface area contributed by atoms with Crippen LogP contribution < -0.4 is 11.5 Å². The van der Waals surface area contributed by atoms with Gasteiger partial charge in [-0.1, -0.05) is 0 Å². The summed E-state index contributed by atoms with van der Waals surface area (Å²) in [7, 11) is 0. The minimum Gasteiger partial charge on any atom is -0.370 e. The normalized spacial score (nSPS) is 43.9. The van der Waals surface area contributed by atoms with Gasteiger partial charge in [-0.3, -0.25) is 4.99 Å². The maximum atomic E-state index is 5.45. The van der Waals surface area contributed by atoms with Gasteiger partial charge in [0.05, 0.1) is 0 Å². The van der Waals surface area contributed by atoms with Crippen molar-refractivity contribution in [3.05, 3.63) is 0 Å². The van der Waals surface area contributed by atoms with E-state index in [0.29, 0.717) is 5.41 Å². The Hall–Kier alpha value is -0.440. The van der Waals surface area contributed by atoms with Crippen molar-refractivity contribution >= 4 is 18.4 Å². The molecule has 4 aliphatic carbocycles. The molecule has 3 nitrogen and oxygen atoms in total. The van der Waals surface area contributed by atoms with E-state index in [1.54, 1.807) is 0 Å². The van der Waals surface area contributed by atoms with E-state index in [0.717, 1.165) is 24.3 Å². The Morgan fingerprint density at radius 1 is 1.00 bits per heavy atom. The first kappa shape index (κ1) is 12.0. The third-order valence-corrected chi connectivity index (χ3v) is 4.76. The van der Waals surface area contributed by atoms with Gasteiger partial charge in [-0.25, -0.2) is 0 Å². The molecule has 0 saturated heterocycles. The molecule has 0 atom stereocenters. The Morgan fingerprint density at radius 2 is 1.44 bits per heavy atom. The Kier molecular flexibility index (Phi) is 3.08. The average Bonchev–Trinajstić information content (AvgIpc) is 2.12. The highest BCUT2D eigenvalue weighted by Gasteiger charge is 2.50. The molecule has 4 bridgehead atoms. The van der Waals surface area contributed by atoms with E-state index in [4.69, 9.17) is 11.5 Å². The lowest BCUT2D eigenvalue weighted by molar-refractivity contribution is -0.0465. The highest BCUT2D eigenvalue weighted by Crippen LogP contribution is 2.59. The van der Waals surface area contributed by atoms with Crippen LogP contribution in [0, 0.1) is 23.2 Å². The Bertz CT molecular complexity index is 261. The molecule has 4 fully saturated rings. The Labute approximate surface area is 103 Å². The number of nitrogens with two attached hydrogens (primary N) is 2. The van der Waals surface area contributed by atoms with E-state index in [-0.39, 0.29) is 18.4 Å². The van der Waals surface area contributed by atoms with Crippen LogP contribution >= 0.6 is 12.4 Å². The minimum atomic E-state index is 0. The first-order valence-corrected chi connectivity index (χ1v) is 6.21. The Balaban J connectivity index is 0.000000963. The van der Waals surface area contributed by atoms with Gasteiger partial charge in [-0.15, -0.1) is 12.4 Å². The van der Waals surface area contributed by atoms with E-state index in [9.17, 15) is 0 Å². The molecule has 0 heterocycles. The van der Waals surface area contributed by atoms with Crippen molar-refractivity contribution in [1.82, 2.24) is 0 Å². The molecular weight excluding hydrogens is 222 g/mol. The highest BCUT2D eigenvalue weighted by molar-refractivity contribution is 5.85. The summed E-state index contributed by atoms with van der Waals surface area (Å²) in [6.45, 7) is 0.888. The summed E-state index contributed by atoms with van der Waals surface area (Å²) in [5.41, 5.74) is 11.4. The van der Waals surface area contributed by atoms with E-state index >= 15 is 0 Å². The van der Waals surface area contributed by atoms with Crippen LogP contribution in [0.1, 0.15) is 38.5 Å². The zero-order chi connectivity index (χ0) is 10.5. The molecule has 4 saturated carbocycles. The zero-order valence-corrected chi connectivity index (χ0v) is 10.5. The molecule has 0 radical (unpaired) electrons. The molecule has 0 aromatic rings. The summed E-state index contributed by atoms with van der Waals surface area (Å²) in [4.78, 5) is 4.29. The van der Waals surface area contributed by atoms with Crippen LogP contribution in [-0.4, -0.2) is 12.5 Å². The first-order valence-electron chi connectivity index (χ1n) is 6.21. The Morgan fingerprint density at radius 3 is 1.81 bits per heavy atom. The summed E-state index contributed by atoms with van der Waals surface area (Å²) in [6.07, 6.45) is 8.62. The molecule has 0 unspecified atom stereocenters. The van der Waals surface area contributed by atoms with Crippen LogP contribution in [0.15, 0.2) is 4.99 Å². The maximum Gasteiger partial charge on any atom is 0.185 e. The molecule has 0 aromatic carbocycles. The van der Waals surface area contributed by atoms with Crippen molar-refractivity contribution in [2.75, 3.05) is 6.54 Å². The molecule has 0 aromatic heterocycles. The van der Waals surface area contributed by atoms with Gasteiger partial charge in [0.25, 0.3) is 0 Å². The number of nitrogens with zero attached hydrogens (tertiary/aromatic N) is 1. The van der Waals surface area contributed by atoms with Crippen LogP contribution in [0.2, 0.25) is 0 Å². The van der Waals surface area contributed by atoms with Crippen LogP contribution in [-0.2, 0) is 0 Å². The lowest BCUT2D eigenvalue weighted by atomic mass is 9.49. The van der Waals surface area contributed by atoms with Gasteiger partial charge in [-0.2, -0.15) is 0 Å². The van der Waals surface area contributed by atoms with Gasteiger partial charge in [0.1, 0.15) is 0 Å². The van der Waals surface area contributed by atoms with Gasteiger partial charge < -0.3 is 11.5 Å². The fourth-order valence-corrected chi connectivity index (χ4v) is 4.74. The van der Waals surface area contributed by atoms with E-state index in [2.05, 4.69) is 4.99 Å². The van der Waals surface area contributed by atoms with Crippen molar-refractivity contribution < 1.29 is 0 Å². The molecule has 4 N–H and O–H groups in total. The summed E-state index contributed by atoms with van der Waals surface area (Å²) >= 11 is 0. The minimum absolute atomic E-state index is 0. The van der Waals surface area contributed by atoms with Gasteiger partial charge in [-0.05, 0) is 61.7 Å². The standard InChI is InChI=1S/C12H21N3.ClH/c13-11(14)15-7-12-4-8-1-9(5-12)3-10(2-8)6-12;/h8-10H,1-7H2,(H4,13,14,15);1H. The van der Waals surface area contributed by atoms with Crippen molar-refractivity contribution in [3.8, 4) is 0 Å². The van der Waals surface area contributed by atoms with Crippen molar-refractivity contribution in [2.45, 2.75) is 38.5 Å². The topological polar surface area (TPSA) is 64.4 Å². The van der Waals surface area contributed by atoms with Gasteiger partial charge in [0.15, 0.2) is 5.96 Å². The SMILES string of the molecule is Cl.NC(N)=NCC12CC3CC(CC(C3)C1)C2. The van der Waals surface area contributed by atoms with Crippen LogP contribution in [0.3, 0.4) is 0 Å². The molecule has 4 heteroatoms. The number of rotatable bonds is 2. The number of aliphatic imine (C=N–C) groups is 1.